The number of hydrogen-bond acceptors (Lipinski definition) is 2. The zero-order chi connectivity index (χ0) is 11.7. The predicted octanol–water partition coefficient (Wildman–Crippen LogP) is 3.76. The molecule has 0 aromatic heterocycles. The molecule has 0 spiro atoms. The number of rotatable bonds is 8. The molecule has 1 nitrogen and oxygen atoms in total. The molecular weight excluding hydrogens is 226 g/mol. The van der Waals surface area contributed by atoms with Crippen LogP contribution in [0.25, 0.3) is 0 Å². The van der Waals surface area contributed by atoms with Crippen molar-refractivity contribution in [2.75, 3.05) is 23.9 Å². The predicted molar refractivity (Wildman–Crippen MR) is 74.2 cm³/mol. The number of halogens is 1. The molecule has 1 atom stereocenters. The Bertz CT molecular complexity index is 145. The highest BCUT2D eigenvalue weighted by Gasteiger charge is 2.22. The number of thioether (sulfide) groups is 1. The van der Waals surface area contributed by atoms with Gasteiger partial charge in [0.25, 0.3) is 0 Å². The molecular formula is C12H26ClNS. The Morgan fingerprint density at radius 2 is 2.00 bits per heavy atom. The van der Waals surface area contributed by atoms with Crippen molar-refractivity contribution >= 4 is 23.4 Å². The van der Waals surface area contributed by atoms with E-state index in [0.29, 0.717) is 11.5 Å². The lowest BCUT2D eigenvalue weighted by molar-refractivity contribution is 0.263. The fourth-order valence-electron chi connectivity index (χ4n) is 1.55. The first-order chi connectivity index (χ1) is 7.02. The van der Waals surface area contributed by atoms with Gasteiger partial charge in [-0.2, -0.15) is 11.8 Å². The molecule has 0 saturated heterocycles. The maximum absolute atomic E-state index is 5.82. The van der Waals surface area contributed by atoms with Crippen molar-refractivity contribution in [1.29, 1.82) is 0 Å². The molecule has 92 valence electrons. The minimum absolute atomic E-state index is 0.312. The summed E-state index contributed by atoms with van der Waals surface area (Å²) in [5, 5.41) is 3.62. The van der Waals surface area contributed by atoms with Gasteiger partial charge in [0, 0.05) is 11.9 Å². The van der Waals surface area contributed by atoms with Crippen LogP contribution in [0.3, 0.4) is 0 Å². The number of alkyl halides is 1. The molecule has 0 bridgehead atoms. The lowest BCUT2D eigenvalue weighted by Gasteiger charge is -2.31. The van der Waals surface area contributed by atoms with Crippen LogP contribution in [0.5, 0.6) is 0 Å². The molecule has 0 rings (SSSR count). The van der Waals surface area contributed by atoms with Gasteiger partial charge in [-0.15, -0.1) is 11.6 Å². The van der Waals surface area contributed by atoms with Crippen molar-refractivity contribution in [3.8, 4) is 0 Å². The zero-order valence-electron chi connectivity index (χ0n) is 10.6. The summed E-state index contributed by atoms with van der Waals surface area (Å²) in [6.45, 7) is 10.2. The molecule has 0 saturated carbocycles. The molecule has 0 amide bonds. The summed E-state index contributed by atoms with van der Waals surface area (Å²) >= 11 is 7.84. The van der Waals surface area contributed by atoms with Gasteiger partial charge in [0.15, 0.2) is 0 Å². The van der Waals surface area contributed by atoms with E-state index in [9.17, 15) is 0 Å². The first-order valence-electron chi connectivity index (χ1n) is 5.89. The molecule has 0 aliphatic heterocycles. The van der Waals surface area contributed by atoms with Crippen molar-refractivity contribution in [2.24, 2.45) is 5.41 Å². The van der Waals surface area contributed by atoms with Gasteiger partial charge in [0.05, 0.1) is 0 Å². The summed E-state index contributed by atoms with van der Waals surface area (Å²) in [5.41, 5.74) is 0.312. The summed E-state index contributed by atoms with van der Waals surface area (Å²) in [6.07, 6.45) is 2.32. The van der Waals surface area contributed by atoms with E-state index in [4.69, 9.17) is 11.6 Å². The minimum Gasteiger partial charge on any atom is -0.313 e. The molecule has 0 radical (unpaired) electrons. The molecule has 15 heavy (non-hydrogen) atoms. The normalized spacial score (nSPS) is 14.2. The van der Waals surface area contributed by atoms with Crippen LogP contribution in [-0.4, -0.2) is 30.0 Å². The smallest absolute Gasteiger partial charge is 0.0238 e. The SMILES string of the molecule is CCSCCCNC(CCCl)C(C)(C)C. The second kappa shape index (κ2) is 8.72. The van der Waals surface area contributed by atoms with E-state index in [2.05, 4.69) is 33.0 Å². The van der Waals surface area contributed by atoms with Crippen molar-refractivity contribution < 1.29 is 0 Å². The van der Waals surface area contributed by atoms with Crippen LogP contribution in [0, 0.1) is 5.41 Å². The highest BCUT2D eigenvalue weighted by Crippen LogP contribution is 2.22. The summed E-state index contributed by atoms with van der Waals surface area (Å²) in [5.74, 6) is 3.24. The van der Waals surface area contributed by atoms with Crippen LogP contribution in [0.1, 0.15) is 40.5 Å². The maximum Gasteiger partial charge on any atom is 0.0238 e. The second-order valence-electron chi connectivity index (χ2n) is 4.90. The Balaban J connectivity index is 3.67. The number of hydrogen-bond donors (Lipinski definition) is 1. The largest absolute Gasteiger partial charge is 0.313 e. The van der Waals surface area contributed by atoms with E-state index in [1.54, 1.807) is 0 Å². The van der Waals surface area contributed by atoms with Crippen LogP contribution < -0.4 is 5.32 Å². The Hall–Kier alpha value is 0.600. The van der Waals surface area contributed by atoms with Gasteiger partial charge in [0.2, 0.25) is 0 Å². The van der Waals surface area contributed by atoms with Crippen LogP contribution in [-0.2, 0) is 0 Å². The van der Waals surface area contributed by atoms with Gasteiger partial charge in [-0.25, -0.2) is 0 Å². The average Bonchev–Trinajstić information content (AvgIpc) is 2.14. The monoisotopic (exact) mass is 251 g/mol. The Morgan fingerprint density at radius 1 is 1.33 bits per heavy atom. The first-order valence-corrected chi connectivity index (χ1v) is 7.58. The summed E-state index contributed by atoms with van der Waals surface area (Å²) < 4.78 is 0. The minimum atomic E-state index is 0.312. The van der Waals surface area contributed by atoms with Crippen molar-refractivity contribution in [2.45, 2.75) is 46.6 Å². The second-order valence-corrected chi connectivity index (χ2v) is 6.67. The molecule has 1 unspecified atom stereocenters. The first kappa shape index (κ1) is 15.6. The molecule has 0 aromatic rings. The van der Waals surface area contributed by atoms with Gasteiger partial charge in [-0.3, -0.25) is 0 Å². The molecule has 0 heterocycles. The fourth-order valence-corrected chi connectivity index (χ4v) is 2.40. The average molecular weight is 252 g/mol. The van der Waals surface area contributed by atoms with Gasteiger partial charge in [0.1, 0.15) is 0 Å². The van der Waals surface area contributed by atoms with E-state index >= 15 is 0 Å². The van der Waals surface area contributed by atoms with Crippen LogP contribution >= 0.6 is 23.4 Å². The maximum atomic E-state index is 5.82. The molecule has 0 aliphatic carbocycles. The van der Waals surface area contributed by atoms with Gasteiger partial charge in [-0.1, -0.05) is 27.7 Å². The van der Waals surface area contributed by atoms with Crippen molar-refractivity contribution in [1.82, 2.24) is 5.32 Å². The topological polar surface area (TPSA) is 12.0 Å². The van der Waals surface area contributed by atoms with Gasteiger partial charge < -0.3 is 5.32 Å². The summed E-state index contributed by atoms with van der Waals surface area (Å²) in [4.78, 5) is 0. The quantitative estimate of drug-likeness (QED) is 0.521. The summed E-state index contributed by atoms with van der Waals surface area (Å²) in [6, 6.07) is 0.543. The molecule has 0 aromatic carbocycles. The summed E-state index contributed by atoms with van der Waals surface area (Å²) in [7, 11) is 0. The highest BCUT2D eigenvalue weighted by atomic mass is 35.5. The van der Waals surface area contributed by atoms with Gasteiger partial charge in [-0.05, 0) is 36.3 Å². The lowest BCUT2D eigenvalue weighted by Crippen LogP contribution is -2.41. The van der Waals surface area contributed by atoms with Crippen LogP contribution in [0.2, 0.25) is 0 Å². The molecule has 1 N–H and O–H groups in total. The standard InChI is InChI=1S/C12H26ClNS/c1-5-15-10-6-9-14-11(7-8-13)12(2,3)4/h11,14H,5-10H2,1-4H3. The van der Waals surface area contributed by atoms with Crippen molar-refractivity contribution in [3.63, 3.8) is 0 Å². The Kier molecular flexibility index (Phi) is 9.07. The van der Waals surface area contributed by atoms with E-state index in [-0.39, 0.29) is 0 Å². The third-order valence-corrected chi connectivity index (χ3v) is 3.71. The van der Waals surface area contributed by atoms with E-state index < -0.39 is 0 Å². The number of nitrogens with one attached hydrogen (secondary N) is 1. The fraction of sp³-hybridized carbons (Fsp3) is 1.00. The molecule has 0 fully saturated rings. The lowest BCUT2D eigenvalue weighted by atomic mass is 9.85. The van der Waals surface area contributed by atoms with Crippen molar-refractivity contribution in [3.05, 3.63) is 0 Å². The van der Waals surface area contributed by atoms with Crippen LogP contribution in [0.15, 0.2) is 0 Å². The third-order valence-electron chi connectivity index (χ3n) is 2.50. The van der Waals surface area contributed by atoms with E-state index in [1.807, 2.05) is 11.8 Å². The zero-order valence-corrected chi connectivity index (χ0v) is 12.2. The van der Waals surface area contributed by atoms with Gasteiger partial charge >= 0.3 is 0 Å². The highest BCUT2D eigenvalue weighted by molar-refractivity contribution is 7.99. The van der Waals surface area contributed by atoms with E-state index in [1.165, 1.54) is 17.9 Å². The molecule has 0 aliphatic rings. The Morgan fingerprint density at radius 3 is 2.47 bits per heavy atom. The molecule has 3 heteroatoms. The third kappa shape index (κ3) is 8.41. The Labute approximate surface area is 105 Å². The van der Waals surface area contributed by atoms with E-state index in [0.717, 1.165) is 18.8 Å². The van der Waals surface area contributed by atoms with Crippen LogP contribution in [0.4, 0.5) is 0 Å².